The van der Waals surface area contributed by atoms with E-state index in [9.17, 15) is 9.59 Å². The molecule has 1 N–H and O–H groups in total. The van der Waals surface area contributed by atoms with Crippen LogP contribution in [0.2, 0.25) is 0 Å². The quantitative estimate of drug-likeness (QED) is 0.630. The molecule has 0 atom stereocenters. The fourth-order valence-electron chi connectivity index (χ4n) is 2.70. The van der Waals surface area contributed by atoms with E-state index in [1.807, 2.05) is 20.8 Å². The smallest absolute Gasteiger partial charge is 0.410 e. The van der Waals surface area contributed by atoms with Crippen molar-refractivity contribution in [2.75, 3.05) is 20.3 Å². The molecule has 1 aromatic heterocycles. The Bertz CT molecular complexity index is 658. The number of ketones is 1. The van der Waals surface area contributed by atoms with Crippen molar-refractivity contribution >= 4 is 11.9 Å². The molecule has 0 spiro atoms. The van der Waals surface area contributed by atoms with Gasteiger partial charge in [0.15, 0.2) is 5.78 Å². The molecule has 1 aromatic rings. The molecule has 2 heterocycles. The summed E-state index contributed by atoms with van der Waals surface area (Å²) in [6.45, 7) is 10.7. The van der Waals surface area contributed by atoms with Crippen LogP contribution < -0.4 is 0 Å². The minimum atomic E-state index is -0.548. The first kappa shape index (κ1) is 19.2. The second-order valence-electron chi connectivity index (χ2n) is 7.28. The van der Waals surface area contributed by atoms with E-state index in [2.05, 4.69) is 16.8 Å². The number of fused-ring (bicyclic) bond motifs is 1. The highest BCUT2D eigenvalue weighted by molar-refractivity contribution is 5.96. The van der Waals surface area contributed by atoms with Gasteiger partial charge in [-0.1, -0.05) is 12.2 Å². The van der Waals surface area contributed by atoms with Crippen molar-refractivity contribution in [3.8, 4) is 0 Å². The van der Waals surface area contributed by atoms with E-state index in [-0.39, 0.29) is 11.9 Å². The summed E-state index contributed by atoms with van der Waals surface area (Å²) in [6.07, 6.45) is 1.14. The van der Waals surface area contributed by atoms with E-state index >= 15 is 0 Å². The molecule has 2 rings (SSSR count). The number of H-pyrrole nitrogens is 1. The van der Waals surface area contributed by atoms with Crippen molar-refractivity contribution < 1.29 is 19.1 Å². The Morgan fingerprint density at radius 3 is 2.68 bits per heavy atom. The summed E-state index contributed by atoms with van der Waals surface area (Å²) in [5.41, 5.74) is 2.44. The number of aromatic nitrogens is 2. The second-order valence-corrected chi connectivity index (χ2v) is 7.28. The molecule has 0 saturated carbocycles. The zero-order valence-corrected chi connectivity index (χ0v) is 15.5. The van der Waals surface area contributed by atoms with Crippen LogP contribution in [0.5, 0.6) is 0 Å². The van der Waals surface area contributed by atoms with E-state index in [0.29, 0.717) is 44.7 Å². The van der Waals surface area contributed by atoms with Crippen LogP contribution in [0.25, 0.3) is 0 Å². The topological polar surface area (TPSA) is 84.5 Å². The largest absolute Gasteiger partial charge is 0.444 e. The molecule has 1 aliphatic rings. The number of amides is 1. The Morgan fingerprint density at radius 1 is 1.32 bits per heavy atom. The lowest BCUT2D eigenvalue weighted by atomic mass is 10.0. The first-order valence-corrected chi connectivity index (χ1v) is 8.44. The zero-order chi connectivity index (χ0) is 18.6. The highest BCUT2D eigenvalue weighted by Gasteiger charge is 2.30. The molecule has 1 aliphatic heterocycles. The van der Waals surface area contributed by atoms with Gasteiger partial charge in [-0.15, -0.1) is 0 Å². The monoisotopic (exact) mass is 349 g/mol. The zero-order valence-electron chi connectivity index (χ0n) is 15.5. The van der Waals surface area contributed by atoms with E-state index in [0.717, 1.165) is 16.8 Å². The first-order valence-electron chi connectivity index (χ1n) is 8.44. The fourth-order valence-corrected chi connectivity index (χ4v) is 2.70. The molecule has 0 saturated heterocycles. The lowest BCUT2D eigenvalue weighted by Crippen LogP contribution is -2.40. The number of carbonyl (C=O) groups excluding carboxylic acids is 2. The number of nitrogens with one attached hydrogen (secondary N) is 1. The van der Waals surface area contributed by atoms with Crippen LogP contribution >= 0.6 is 0 Å². The van der Waals surface area contributed by atoms with Gasteiger partial charge < -0.3 is 14.4 Å². The van der Waals surface area contributed by atoms with Crippen molar-refractivity contribution in [2.45, 2.75) is 52.2 Å². The van der Waals surface area contributed by atoms with Gasteiger partial charge in [-0.3, -0.25) is 9.89 Å². The summed E-state index contributed by atoms with van der Waals surface area (Å²) in [7, 11) is 1.60. The Labute approximate surface area is 148 Å². The maximum Gasteiger partial charge on any atom is 0.410 e. The van der Waals surface area contributed by atoms with Crippen molar-refractivity contribution in [1.82, 2.24) is 15.1 Å². The minimum absolute atomic E-state index is 0.0305. The Kier molecular flexibility index (Phi) is 6.00. The Morgan fingerprint density at radius 2 is 2.04 bits per heavy atom. The number of aromatic amines is 1. The SMILES string of the molecule is C=C(CCC(=O)c1[nH]nc2c1CN(C(=O)OC(C)(C)C)CC2)COC. The maximum absolute atomic E-state index is 12.5. The summed E-state index contributed by atoms with van der Waals surface area (Å²) >= 11 is 0. The standard InChI is InChI=1S/C18H27N3O4/c1-12(11-24-5)6-7-15(22)16-13-10-21(9-8-14(13)19-20-16)17(23)25-18(2,3)4/h1,6-11H2,2-5H3,(H,19,20). The van der Waals surface area contributed by atoms with E-state index in [4.69, 9.17) is 9.47 Å². The molecule has 0 unspecified atom stereocenters. The van der Waals surface area contributed by atoms with Crippen LogP contribution in [0.3, 0.4) is 0 Å². The summed E-state index contributed by atoms with van der Waals surface area (Å²) < 4.78 is 10.4. The molecular formula is C18H27N3O4. The Hall–Kier alpha value is -2.15. The number of nitrogens with zero attached hydrogens (tertiary/aromatic N) is 2. The molecule has 0 aliphatic carbocycles. The number of hydrogen-bond acceptors (Lipinski definition) is 5. The second kappa shape index (κ2) is 7.82. The third-order valence-electron chi connectivity index (χ3n) is 3.90. The van der Waals surface area contributed by atoms with Crippen LogP contribution in [0.15, 0.2) is 12.2 Å². The third kappa shape index (κ3) is 5.16. The minimum Gasteiger partial charge on any atom is -0.444 e. The van der Waals surface area contributed by atoms with Crippen LogP contribution in [-0.2, 0) is 22.4 Å². The average molecular weight is 349 g/mol. The van der Waals surface area contributed by atoms with E-state index < -0.39 is 5.60 Å². The lowest BCUT2D eigenvalue weighted by Gasteiger charge is -2.29. The normalized spacial score (nSPS) is 14.2. The number of rotatable bonds is 6. The predicted molar refractivity (Wildman–Crippen MR) is 93.5 cm³/mol. The van der Waals surface area contributed by atoms with Crippen molar-refractivity contribution in [3.63, 3.8) is 0 Å². The van der Waals surface area contributed by atoms with Gasteiger partial charge in [0.25, 0.3) is 0 Å². The van der Waals surface area contributed by atoms with Gasteiger partial charge in [-0.2, -0.15) is 5.10 Å². The molecule has 1 amide bonds. The molecular weight excluding hydrogens is 322 g/mol. The van der Waals surface area contributed by atoms with Gasteiger partial charge >= 0.3 is 6.09 Å². The highest BCUT2D eigenvalue weighted by atomic mass is 16.6. The number of ether oxygens (including phenoxy) is 2. The molecule has 0 aromatic carbocycles. The van der Waals surface area contributed by atoms with Gasteiger partial charge in [0, 0.05) is 32.1 Å². The van der Waals surface area contributed by atoms with Crippen molar-refractivity contribution in [3.05, 3.63) is 29.1 Å². The highest BCUT2D eigenvalue weighted by Crippen LogP contribution is 2.23. The summed E-state index contributed by atoms with van der Waals surface area (Å²) in [4.78, 5) is 26.4. The predicted octanol–water partition coefficient (Wildman–Crippen LogP) is 2.87. The van der Waals surface area contributed by atoms with Gasteiger partial charge in [0.2, 0.25) is 0 Å². The average Bonchev–Trinajstić information content (AvgIpc) is 2.94. The molecule has 0 bridgehead atoms. The summed E-state index contributed by atoms with van der Waals surface area (Å²) in [5, 5.41) is 7.08. The molecule has 25 heavy (non-hydrogen) atoms. The maximum atomic E-state index is 12.5. The third-order valence-corrected chi connectivity index (χ3v) is 3.90. The molecule has 7 heteroatoms. The van der Waals surface area contributed by atoms with Crippen molar-refractivity contribution in [2.24, 2.45) is 0 Å². The van der Waals surface area contributed by atoms with Crippen LogP contribution in [-0.4, -0.2) is 52.8 Å². The number of hydrogen-bond donors (Lipinski definition) is 1. The molecule has 138 valence electrons. The number of methoxy groups -OCH3 is 1. The Balaban J connectivity index is 2.04. The van der Waals surface area contributed by atoms with E-state index in [1.165, 1.54) is 0 Å². The summed E-state index contributed by atoms with van der Waals surface area (Å²) in [6, 6.07) is 0. The summed E-state index contributed by atoms with van der Waals surface area (Å²) in [5.74, 6) is -0.0305. The number of carbonyl (C=O) groups is 2. The number of Topliss-reactive ketones (excluding diaryl/α,β-unsaturated/α-hetero) is 1. The van der Waals surface area contributed by atoms with Crippen molar-refractivity contribution in [1.29, 1.82) is 0 Å². The van der Waals surface area contributed by atoms with Crippen LogP contribution in [0.1, 0.15) is 55.4 Å². The van der Waals surface area contributed by atoms with Gasteiger partial charge in [-0.25, -0.2) is 4.79 Å². The fraction of sp³-hybridized carbons (Fsp3) is 0.611. The van der Waals surface area contributed by atoms with Gasteiger partial charge in [-0.05, 0) is 27.2 Å². The van der Waals surface area contributed by atoms with Crippen LogP contribution in [0, 0.1) is 0 Å². The van der Waals surface area contributed by atoms with Gasteiger partial charge in [0.1, 0.15) is 11.3 Å². The molecule has 7 nitrogen and oxygen atoms in total. The lowest BCUT2D eigenvalue weighted by molar-refractivity contribution is 0.0222. The van der Waals surface area contributed by atoms with Crippen LogP contribution in [0.4, 0.5) is 4.79 Å². The van der Waals surface area contributed by atoms with Gasteiger partial charge in [0.05, 0.1) is 18.8 Å². The molecule has 0 radical (unpaired) electrons. The first-order chi connectivity index (χ1) is 11.7. The molecule has 0 fully saturated rings. The van der Waals surface area contributed by atoms with E-state index in [1.54, 1.807) is 12.0 Å².